The van der Waals surface area contributed by atoms with Gasteiger partial charge >= 0.3 is 0 Å². The Balaban J connectivity index is 1.87. The number of aromatic nitrogens is 1. The fourth-order valence-corrected chi connectivity index (χ4v) is 2.46. The molecule has 1 aliphatic rings. The Kier molecular flexibility index (Phi) is 4.15. The maximum absolute atomic E-state index is 11.9. The first kappa shape index (κ1) is 12.8. The summed E-state index contributed by atoms with van der Waals surface area (Å²) in [4.78, 5) is 15.9. The van der Waals surface area contributed by atoms with E-state index in [1.54, 1.807) is 12.1 Å². The van der Waals surface area contributed by atoms with Crippen LogP contribution in [0, 0.1) is 11.8 Å². The Morgan fingerprint density at radius 3 is 2.89 bits per heavy atom. The molecule has 18 heavy (non-hydrogen) atoms. The fourth-order valence-electron chi connectivity index (χ4n) is 2.46. The molecule has 2 unspecified atom stereocenters. The van der Waals surface area contributed by atoms with Crippen LogP contribution in [0.1, 0.15) is 36.5 Å². The summed E-state index contributed by atoms with van der Waals surface area (Å²) in [6.45, 7) is 3.02. The highest BCUT2D eigenvalue weighted by Gasteiger charge is 2.23. The van der Waals surface area contributed by atoms with Gasteiger partial charge in [-0.25, -0.2) is 10.8 Å². The van der Waals surface area contributed by atoms with E-state index in [0.717, 1.165) is 6.54 Å². The van der Waals surface area contributed by atoms with Crippen molar-refractivity contribution in [2.75, 3.05) is 12.0 Å². The van der Waals surface area contributed by atoms with Gasteiger partial charge in [0.2, 0.25) is 0 Å². The smallest absolute Gasteiger partial charge is 0.252 e. The predicted octanol–water partition coefficient (Wildman–Crippen LogP) is 1.53. The van der Waals surface area contributed by atoms with Crippen molar-refractivity contribution >= 4 is 11.7 Å². The average molecular weight is 248 g/mol. The van der Waals surface area contributed by atoms with E-state index in [2.05, 4.69) is 22.7 Å². The first-order valence-electron chi connectivity index (χ1n) is 6.41. The van der Waals surface area contributed by atoms with Gasteiger partial charge in [0.25, 0.3) is 5.91 Å². The van der Waals surface area contributed by atoms with E-state index in [-0.39, 0.29) is 5.91 Å². The number of rotatable bonds is 4. The second-order valence-electron chi connectivity index (χ2n) is 4.95. The highest BCUT2D eigenvalue weighted by molar-refractivity contribution is 5.94. The van der Waals surface area contributed by atoms with Crippen LogP contribution in [0.4, 0.5) is 5.82 Å². The van der Waals surface area contributed by atoms with Gasteiger partial charge in [-0.2, -0.15) is 0 Å². The molecule has 1 heterocycles. The predicted molar refractivity (Wildman–Crippen MR) is 70.9 cm³/mol. The number of amides is 1. The molecule has 0 spiro atoms. The molecule has 4 N–H and O–H groups in total. The lowest BCUT2D eigenvalue weighted by molar-refractivity contribution is 0.0944. The summed E-state index contributed by atoms with van der Waals surface area (Å²) in [5.41, 5.74) is 3.00. The molecule has 98 valence electrons. The number of nitrogens with two attached hydrogens (primary N) is 1. The average Bonchev–Trinajstić information content (AvgIpc) is 2.81. The van der Waals surface area contributed by atoms with Crippen molar-refractivity contribution < 1.29 is 4.79 Å². The second kappa shape index (κ2) is 5.82. The van der Waals surface area contributed by atoms with Crippen LogP contribution in [0.5, 0.6) is 0 Å². The molecule has 1 saturated carbocycles. The van der Waals surface area contributed by atoms with Crippen molar-refractivity contribution in [2.24, 2.45) is 17.7 Å². The minimum atomic E-state index is -0.0647. The summed E-state index contributed by atoms with van der Waals surface area (Å²) < 4.78 is 0. The lowest BCUT2D eigenvalue weighted by Gasteiger charge is -2.15. The van der Waals surface area contributed by atoms with Crippen LogP contribution in [-0.2, 0) is 0 Å². The number of carbonyl (C=O) groups excluding carboxylic acids is 1. The first-order chi connectivity index (χ1) is 8.70. The first-order valence-corrected chi connectivity index (χ1v) is 6.41. The van der Waals surface area contributed by atoms with E-state index in [4.69, 9.17) is 5.84 Å². The molecule has 1 aromatic rings. The summed E-state index contributed by atoms with van der Waals surface area (Å²) in [6, 6.07) is 3.41. The van der Waals surface area contributed by atoms with Crippen LogP contribution in [-0.4, -0.2) is 17.4 Å². The Labute approximate surface area is 107 Å². The molecule has 0 saturated heterocycles. The van der Waals surface area contributed by atoms with Crippen LogP contribution >= 0.6 is 0 Å². The van der Waals surface area contributed by atoms with Gasteiger partial charge in [0.15, 0.2) is 0 Å². The zero-order chi connectivity index (χ0) is 13.0. The lowest BCUT2D eigenvalue weighted by Crippen LogP contribution is -2.30. The molecule has 2 rings (SSSR count). The van der Waals surface area contributed by atoms with E-state index >= 15 is 0 Å². The SMILES string of the molecule is CC1CCCC1CNC(=O)c1ccc(NN)nc1. The Morgan fingerprint density at radius 1 is 1.50 bits per heavy atom. The van der Waals surface area contributed by atoms with Crippen LogP contribution in [0.2, 0.25) is 0 Å². The number of anilines is 1. The van der Waals surface area contributed by atoms with Crippen molar-refractivity contribution in [1.82, 2.24) is 10.3 Å². The van der Waals surface area contributed by atoms with Gasteiger partial charge in [-0.15, -0.1) is 0 Å². The number of nitrogen functional groups attached to an aromatic ring is 1. The molecule has 0 bridgehead atoms. The number of carbonyl (C=O) groups is 1. The van der Waals surface area contributed by atoms with E-state index in [1.807, 2.05) is 0 Å². The van der Waals surface area contributed by atoms with Crippen molar-refractivity contribution in [1.29, 1.82) is 0 Å². The molecule has 0 radical (unpaired) electrons. The fraction of sp³-hybridized carbons (Fsp3) is 0.538. The van der Waals surface area contributed by atoms with Gasteiger partial charge in [0, 0.05) is 12.7 Å². The van der Waals surface area contributed by atoms with Gasteiger partial charge in [0.1, 0.15) is 5.82 Å². The monoisotopic (exact) mass is 248 g/mol. The van der Waals surface area contributed by atoms with E-state index in [9.17, 15) is 4.79 Å². The number of nitrogens with one attached hydrogen (secondary N) is 2. The molecular weight excluding hydrogens is 228 g/mol. The molecule has 2 atom stereocenters. The van der Waals surface area contributed by atoms with Gasteiger partial charge in [-0.3, -0.25) is 4.79 Å². The standard InChI is InChI=1S/C13H20N4O/c1-9-3-2-4-10(9)7-16-13(18)11-5-6-12(17-14)15-8-11/h5-6,8-10H,2-4,7,14H2,1H3,(H,15,17)(H,16,18). The Hall–Kier alpha value is -1.62. The molecule has 5 heteroatoms. The molecule has 1 fully saturated rings. The van der Waals surface area contributed by atoms with Gasteiger partial charge in [-0.1, -0.05) is 19.8 Å². The van der Waals surface area contributed by atoms with Crippen molar-refractivity contribution in [2.45, 2.75) is 26.2 Å². The largest absolute Gasteiger partial charge is 0.352 e. The maximum Gasteiger partial charge on any atom is 0.252 e. The topological polar surface area (TPSA) is 80.0 Å². The minimum Gasteiger partial charge on any atom is -0.352 e. The maximum atomic E-state index is 11.9. The van der Waals surface area contributed by atoms with E-state index < -0.39 is 0 Å². The van der Waals surface area contributed by atoms with Crippen LogP contribution in [0.15, 0.2) is 18.3 Å². The van der Waals surface area contributed by atoms with Crippen molar-refractivity contribution in [3.8, 4) is 0 Å². The molecular formula is C13H20N4O. The minimum absolute atomic E-state index is 0.0647. The van der Waals surface area contributed by atoms with Gasteiger partial charge in [0.05, 0.1) is 5.56 Å². The Bertz CT molecular complexity index is 404. The number of hydrogen-bond donors (Lipinski definition) is 3. The second-order valence-corrected chi connectivity index (χ2v) is 4.95. The molecule has 1 aliphatic carbocycles. The van der Waals surface area contributed by atoms with E-state index in [1.165, 1.54) is 25.5 Å². The molecule has 0 aromatic carbocycles. The summed E-state index contributed by atoms with van der Waals surface area (Å²) in [7, 11) is 0. The van der Waals surface area contributed by atoms with Crippen molar-refractivity contribution in [3.05, 3.63) is 23.9 Å². The third kappa shape index (κ3) is 2.98. The normalized spacial score (nSPS) is 22.8. The molecule has 5 nitrogen and oxygen atoms in total. The number of nitrogens with zero attached hydrogens (tertiary/aromatic N) is 1. The van der Waals surface area contributed by atoms with E-state index in [0.29, 0.717) is 23.2 Å². The summed E-state index contributed by atoms with van der Waals surface area (Å²) >= 11 is 0. The zero-order valence-corrected chi connectivity index (χ0v) is 10.6. The summed E-state index contributed by atoms with van der Waals surface area (Å²) in [5, 5.41) is 2.98. The van der Waals surface area contributed by atoms with Gasteiger partial charge in [-0.05, 0) is 30.4 Å². The zero-order valence-electron chi connectivity index (χ0n) is 10.6. The highest BCUT2D eigenvalue weighted by Crippen LogP contribution is 2.30. The van der Waals surface area contributed by atoms with Crippen LogP contribution in [0.25, 0.3) is 0 Å². The third-order valence-corrected chi connectivity index (χ3v) is 3.74. The number of hydrogen-bond acceptors (Lipinski definition) is 4. The number of hydrazine groups is 1. The van der Waals surface area contributed by atoms with Crippen LogP contribution < -0.4 is 16.6 Å². The van der Waals surface area contributed by atoms with Crippen LogP contribution in [0.3, 0.4) is 0 Å². The highest BCUT2D eigenvalue weighted by atomic mass is 16.1. The summed E-state index contributed by atoms with van der Waals surface area (Å²) in [5.74, 6) is 7.04. The van der Waals surface area contributed by atoms with Gasteiger partial charge < -0.3 is 10.7 Å². The third-order valence-electron chi connectivity index (χ3n) is 3.74. The number of pyridine rings is 1. The quantitative estimate of drug-likeness (QED) is 0.557. The molecule has 1 aromatic heterocycles. The molecule has 1 amide bonds. The Morgan fingerprint density at radius 2 is 2.33 bits per heavy atom. The van der Waals surface area contributed by atoms with Crippen molar-refractivity contribution in [3.63, 3.8) is 0 Å². The molecule has 0 aliphatic heterocycles. The summed E-state index contributed by atoms with van der Waals surface area (Å²) in [6.07, 6.45) is 5.30. The lowest BCUT2D eigenvalue weighted by atomic mass is 9.98.